The SMILES string of the molecule is CCC(Oc1ccccc1C)C(=O)Nc1nnc(-c2ccc(C)cc2)s1. The molecule has 0 saturated heterocycles. The lowest BCUT2D eigenvalue weighted by molar-refractivity contribution is -0.122. The highest BCUT2D eigenvalue weighted by molar-refractivity contribution is 7.18. The monoisotopic (exact) mass is 367 g/mol. The van der Waals surface area contributed by atoms with Crippen LogP contribution < -0.4 is 10.1 Å². The Labute approximate surface area is 157 Å². The van der Waals surface area contributed by atoms with Crippen LogP contribution in [0.3, 0.4) is 0 Å². The summed E-state index contributed by atoms with van der Waals surface area (Å²) in [6, 6.07) is 15.7. The number of nitrogens with one attached hydrogen (secondary N) is 1. The maximum atomic E-state index is 12.6. The summed E-state index contributed by atoms with van der Waals surface area (Å²) in [7, 11) is 0. The second-order valence-corrected chi connectivity index (χ2v) is 7.03. The Kier molecular flexibility index (Phi) is 5.63. The largest absolute Gasteiger partial charge is 0.480 e. The highest BCUT2D eigenvalue weighted by Crippen LogP contribution is 2.27. The van der Waals surface area contributed by atoms with Gasteiger partial charge in [-0.05, 0) is 31.9 Å². The fraction of sp³-hybridized carbons (Fsp3) is 0.250. The van der Waals surface area contributed by atoms with E-state index in [9.17, 15) is 4.79 Å². The van der Waals surface area contributed by atoms with Gasteiger partial charge < -0.3 is 4.74 Å². The van der Waals surface area contributed by atoms with E-state index in [4.69, 9.17) is 4.74 Å². The van der Waals surface area contributed by atoms with Crippen molar-refractivity contribution in [2.45, 2.75) is 33.3 Å². The Morgan fingerprint density at radius 2 is 1.85 bits per heavy atom. The van der Waals surface area contributed by atoms with E-state index in [1.807, 2.05) is 69.3 Å². The molecule has 1 heterocycles. The zero-order valence-corrected chi connectivity index (χ0v) is 15.8. The molecule has 0 radical (unpaired) electrons. The van der Waals surface area contributed by atoms with E-state index in [2.05, 4.69) is 15.5 Å². The van der Waals surface area contributed by atoms with E-state index in [0.717, 1.165) is 16.1 Å². The molecule has 0 aliphatic heterocycles. The molecule has 0 bridgehead atoms. The molecule has 6 heteroatoms. The van der Waals surface area contributed by atoms with Crippen molar-refractivity contribution in [2.24, 2.45) is 0 Å². The number of carbonyl (C=O) groups is 1. The molecule has 1 aromatic heterocycles. The van der Waals surface area contributed by atoms with E-state index in [1.165, 1.54) is 16.9 Å². The first kappa shape index (κ1) is 18.1. The smallest absolute Gasteiger partial charge is 0.267 e. The van der Waals surface area contributed by atoms with Crippen LogP contribution in [0.25, 0.3) is 10.6 Å². The lowest BCUT2D eigenvalue weighted by atomic mass is 10.2. The molecule has 0 aliphatic carbocycles. The van der Waals surface area contributed by atoms with Crippen LogP contribution in [0.5, 0.6) is 5.75 Å². The number of hydrogen-bond donors (Lipinski definition) is 1. The zero-order chi connectivity index (χ0) is 18.5. The lowest BCUT2D eigenvalue weighted by Crippen LogP contribution is -2.32. The Morgan fingerprint density at radius 3 is 2.54 bits per heavy atom. The van der Waals surface area contributed by atoms with Crippen LogP contribution in [0.2, 0.25) is 0 Å². The minimum absolute atomic E-state index is 0.220. The Hall–Kier alpha value is -2.73. The molecule has 0 saturated carbocycles. The Morgan fingerprint density at radius 1 is 1.12 bits per heavy atom. The summed E-state index contributed by atoms with van der Waals surface area (Å²) in [5.74, 6) is 0.495. The van der Waals surface area contributed by atoms with Crippen LogP contribution in [0.15, 0.2) is 48.5 Å². The van der Waals surface area contributed by atoms with Crippen LogP contribution >= 0.6 is 11.3 Å². The maximum Gasteiger partial charge on any atom is 0.267 e. The van der Waals surface area contributed by atoms with Gasteiger partial charge in [-0.25, -0.2) is 0 Å². The highest BCUT2D eigenvalue weighted by Gasteiger charge is 2.21. The standard InChI is InChI=1S/C20H21N3O2S/c1-4-16(25-17-8-6-5-7-14(17)3)18(24)21-20-23-22-19(26-20)15-11-9-13(2)10-12-15/h5-12,16H,4H2,1-3H3,(H,21,23,24). The number of nitrogens with zero attached hydrogens (tertiary/aromatic N) is 2. The lowest BCUT2D eigenvalue weighted by Gasteiger charge is -2.17. The van der Waals surface area contributed by atoms with Gasteiger partial charge in [0.25, 0.3) is 5.91 Å². The van der Waals surface area contributed by atoms with Crippen LogP contribution in [0.1, 0.15) is 24.5 Å². The molecule has 26 heavy (non-hydrogen) atoms. The van der Waals surface area contributed by atoms with Crippen molar-refractivity contribution in [3.05, 3.63) is 59.7 Å². The topological polar surface area (TPSA) is 64.1 Å². The van der Waals surface area contributed by atoms with Crippen molar-refractivity contribution in [3.8, 4) is 16.3 Å². The van der Waals surface area contributed by atoms with Crippen molar-refractivity contribution in [1.29, 1.82) is 0 Å². The zero-order valence-electron chi connectivity index (χ0n) is 15.0. The van der Waals surface area contributed by atoms with E-state index >= 15 is 0 Å². The highest BCUT2D eigenvalue weighted by atomic mass is 32.1. The molecule has 1 amide bonds. The Balaban J connectivity index is 1.68. The number of anilines is 1. The first-order chi connectivity index (χ1) is 12.6. The summed E-state index contributed by atoms with van der Waals surface area (Å²) in [5, 5.41) is 12.3. The third-order valence-corrected chi connectivity index (χ3v) is 4.87. The molecular formula is C20H21N3O2S. The normalized spacial score (nSPS) is 11.8. The molecule has 0 fully saturated rings. The van der Waals surface area contributed by atoms with Crippen LogP contribution in [-0.2, 0) is 4.79 Å². The van der Waals surface area contributed by atoms with Gasteiger partial charge in [-0.15, -0.1) is 10.2 Å². The van der Waals surface area contributed by atoms with Gasteiger partial charge >= 0.3 is 0 Å². The molecule has 0 spiro atoms. The van der Waals surface area contributed by atoms with Crippen LogP contribution in [0.4, 0.5) is 5.13 Å². The van der Waals surface area contributed by atoms with Gasteiger partial charge in [0.15, 0.2) is 6.10 Å². The van der Waals surface area contributed by atoms with Gasteiger partial charge in [-0.1, -0.05) is 66.3 Å². The predicted molar refractivity (Wildman–Crippen MR) is 105 cm³/mol. The molecule has 1 N–H and O–H groups in total. The van der Waals surface area contributed by atoms with Gasteiger partial charge in [0.1, 0.15) is 10.8 Å². The number of para-hydroxylation sites is 1. The van der Waals surface area contributed by atoms with Crippen molar-refractivity contribution in [1.82, 2.24) is 10.2 Å². The summed E-state index contributed by atoms with van der Waals surface area (Å²) in [5.41, 5.74) is 3.17. The number of benzene rings is 2. The van der Waals surface area contributed by atoms with Crippen molar-refractivity contribution in [3.63, 3.8) is 0 Å². The van der Waals surface area contributed by atoms with E-state index in [0.29, 0.717) is 17.3 Å². The number of ether oxygens (including phenoxy) is 1. The molecule has 5 nitrogen and oxygen atoms in total. The van der Waals surface area contributed by atoms with Gasteiger partial charge in [0.05, 0.1) is 0 Å². The number of amides is 1. The number of hydrogen-bond acceptors (Lipinski definition) is 5. The summed E-state index contributed by atoms with van der Waals surface area (Å²) >= 11 is 1.35. The van der Waals surface area contributed by atoms with Crippen LogP contribution in [0, 0.1) is 13.8 Å². The minimum Gasteiger partial charge on any atom is -0.480 e. The molecule has 2 aromatic carbocycles. The van der Waals surface area contributed by atoms with E-state index in [1.54, 1.807) is 0 Å². The van der Waals surface area contributed by atoms with Crippen molar-refractivity contribution < 1.29 is 9.53 Å². The average molecular weight is 367 g/mol. The molecule has 0 aliphatic rings. The summed E-state index contributed by atoms with van der Waals surface area (Å²) in [6.45, 7) is 5.91. The molecule has 134 valence electrons. The van der Waals surface area contributed by atoms with Gasteiger partial charge in [0.2, 0.25) is 5.13 Å². The third kappa shape index (κ3) is 4.26. The average Bonchev–Trinajstić information content (AvgIpc) is 3.10. The minimum atomic E-state index is -0.581. The summed E-state index contributed by atoms with van der Waals surface area (Å²) < 4.78 is 5.88. The molecular weight excluding hydrogens is 346 g/mol. The number of aromatic nitrogens is 2. The fourth-order valence-corrected chi connectivity index (χ4v) is 3.19. The van der Waals surface area contributed by atoms with E-state index in [-0.39, 0.29) is 5.91 Å². The molecule has 3 rings (SSSR count). The first-order valence-corrected chi connectivity index (χ1v) is 9.32. The second-order valence-electron chi connectivity index (χ2n) is 6.05. The summed E-state index contributed by atoms with van der Waals surface area (Å²) in [4.78, 5) is 12.6. The third-order valence-electron chi connectivity index (χ3n) is 3.98. The Bertz CT molecular complexity index is 890. The van der Waals surface area contributed by atoms with Crippen molar-refractivity contribution in [2.75, 3.05) is 5.32 Å². The summed E-state index contributed by atoms with van der Waals surface area (Å²) in [6.07, 6.45) is -0.0214. The first-order valence-electron chi connectivity index (χ1n) is 8.50. The van der Waals surface area contributed by atoms with Gasteiger partial charge in [-0.3, -0.25) is 10.1 Å². The second kappa shape index (κ2) is 8.10. The van der Waals surface area contributed by atoms with Gasteiger partial charge in [-0.2, -0.15) is 0 Å². The number of carbonyl (C=O) groups excluding carboxylic acids is 1. The predicted octanol–water partition coefficient (Wildman–Crippen LogP) is 4.62. The quantitative estimate of drug-likeness (QED) is 0.690. The molecule has 1 unspecified atom stereocenters. The van der Waals surface area contributed by atoms with E-state index < -0.39 is 6.10 Å². The molecule has 1 atom stereocenters. The van der Waals surface area contributed by atoms with Crippen LogP contribution in [-0.4, -0.2) is 22.2 Å². The van der Waals surface area contributed by atoms with Crippen molar-refractivity contribution >= 4 is 22.4 Å². The molecule has 3 aromatic rings. The fourth-order valence-electron chi connectivity index (χ4n) is 2.44. The number of rotatable bonds is 6. The maximum absolute atomic E-state index is 12.6. The number of aryl methyl sites for hydroxylation is 2. The van der Waals surface area contributed by atoms with Gasteiger partial charge in [0, 0.05) is 5.56 Å².